The Labute approximate surface area is 141 Å². The largest absolute Gasteiger partial charge is 0.443 e. The van der Waals surface area contributed by atoms with Crippen molar-refractivity contribution < 1.29 is 9.53 Å². The Kier molecular flexibility index (Phi) is 5.19. The van der Waals surface area contributed by atoms with Crippen molar-refractivity contribution in [3.63, 3.8) is 0 Å². The quantitative estimate of drug-likeness (QED) is 0.699. The SMILES string of the molecule is CC1=C(CCCc2ccccc2)C(Sc2ccccc2)OC1=O. The number of carbonyl (C=O) groups is 1. The molecule has 0 amide bonds. The van der Waals surface area contributed by atoms with Crippen LogP contribution in [0.15, 0.2) is 76.7 Å². The molecule has 0 aromatic heterocycles. The van der Waals surface area contributed by atoms with Gasteiger partial charge in [-0.05, 0) is 49.5 Å². The second-order valence-corrected chi connectivity index (χ2v) is 6.79. The number of cyclic esters (lactones) is 1. The molecule has 23 heavy (non-hydrogen) atoms. The fraction of sp³-hybridized carbons (Fsp3) is 0.250. The summed E-state index contributed by atoms with van der Waals surface area (Å²) in [6.45, 7) is 1.88. The number of esters is 1. The van der Waals surface area contributed by atoms with Crippen LogP contribution in [0, 0.1) is 0 Å². The van der Waals surface area contributed by atoms with Crippen LogP contribution in [0.1, 0.15) is 25.3 Å². The molecule has 0 aliphatic carbocycles. The second-order valence-electron chi connectivity index (χ2n) is 5.66. The van der Waals surface area contributed by atoms with E-state index in [-0.39, 0.29) is 11.4 Å². The molecule has 1 atom stereocenters. The molecule has 2 aromatic carbocycles. The van der Waals surface area contributed by atoms with E-state index in [1.165, 1.54) is 5.56 Å². The van der Waals surface area contributed by atoms with Crippen LogP contribution in [0.3, 0.4) is 0 Å². The van der Waals surface area contributed by atoms with Crippen molar-refractivity contribution in [2.45, 2.75) is 36.5 Å². The van der Waals surface area contributed by atoms with Crippen LogP contribution in [0.4, 0.5) is 0 Å². The second kappa shape index (κ2) is 7.51. The number of hydrogen-bond acceptors (Lipinski definition) is 3. The molecule has 118 valence electrons. The molecular weight excluding hydrogens is 304 g/mol. The summed E-state index contributed by atoms with van der Waals surface area (Å²) in [4.78, 5) is 13.1. The van der Waals surface area contributed by atoms with Gasteiger partial charge in [0.15, 0.2) is 5.44 Å². The van der Waals surface area contributed by atoms with Crippen LogP contribution in [0.25, 0.3) is 0 Å². The van der Waals surface area contributed by atoms with Gasteiger partial charge >= 0.3 is 5.97 Å². The van der Waals surface area contributed by atoms with E-state index in [9.17, 15) is 4.79 Å². The molecule has 3 rings (SSSR count). The van der Waals surface area contributed by atoms with Crippen LogP contribution in [-0.2, 0) is 16.0 Å². The monoisotopic (exact) mass is 324 g/mol. The first-order valence-corrected chi connectivity index (χ1v) is 8.78. The van der Waals surface area contributed by atoms with Crippen molar-refractivity contribution in [2.75, 3.05) is 0 Å². The van der Waals surface area contributed by atoms with Gasteiger partial charge in [-0.25, -0.2) is 4.79 Å². The van der Waals surface area contributed by atoms with Crippen LogP contribution in [0.2, 0.25) is 0 Å². The van der Waals surface area contributed by atoms with Crippen molar-refractivity contribution in [3.05, 3.63) is 77.4 Å². The van der Waals surface area contributed by atoms with Crippen LogP contribution < -0.4 is 0 Å². The smallest absolute Gasteiger partial charge is 0.335 e. The van der Waals surface area contributed by atoms with E-state index in [1.54, 1.807) is 11.8 Å². The Morgan fingerprint density at radius 1 is 0.957 bits per heavy atom. The molecule has 1 aliphatic heterocycles. The third kappa shape index (κ3) is 4.05. The maximum atomic E-state index is 11.9. The van der Waals surface area contributed by atoms with Gasteiger partial charge in [0.2, 0.25) is 0 Å². The molecule has 0 saturated carbocycles. The lowest BCUT2D eigenvalue weighted by molar-refractivity contribution is -0.137. The summed E-state index contributed by atoms with van der Waals surface area (Å²) in [6.07, 6.45) is 2.95. The van der Waals surface area contributed by atoms with Crippen LogP contribution >= 0.6 is 11.8 Å². The molecule has 0 fully saturated rings. The summed E-state index contributed by atoms with van der Waals surface area (Å²) in [6, 6.07) is 20.6. The minimum atomic E-state index is -0.180. The van der Waals surface area contributed by atoms with Gasteiger partial charge in [0.05, 0.1) is 0 Å². The molecule has 0 saturated heterocycles. The van der Waals surface area contributed by atoms with Crippen molar-refractivity contribution in [1.29, 1.82) is 0 Å². The number of thioether (sulfide) groups is 1. The number of benzene rings is 2. The van der Waals surface area contributed by atoms with Crippen molar-refractivity contribution >= 4 is 17.7 Å². The number of aryl methyl sites for hydroxylation is 1. The minimum Gasteiger partial charge on any atom is -0.443 e. The van der Waals surface area contributed by atoms with Gasteiger partial charge in [-0.15, -0.1) is 0 Å². The van der Waals surface area contributed by atoms with Gasteiger partial charge in [0, 0.05) is 10.5 Å². The van der Waals surface area contributed by atoms with Crippen LogP contribution in [-0.4, -0.2) is 11.4 Å². The lowest BCUT2D eigenvalue weighted by Gasteiger charge is -2.14. The number of carbonyl (C=O) groups excluding carboxylic acids is 1. The highest BCUT2D eigenvalue weighted by Crippen LogP contribution is 2.37. The molecule has 1 unspecified atom stereocenters. The first kappa shape index (κ1) is 15.9. The third-order valence-electron chi connectivity index (χ3n) is 4.03. The molecule has 0 spiro atoms. The fourth-order valence-corrected chi connectivity index (χ4v) is 3.85. The van der Waals surface area contributed by atoms with Gasteiger partial charge < -0.3 is 4.74 Å². The van der Waals surface area contributed by atoms with E-state index in [0.717, 1.165) is 35.3 Å². The number of ether oxygens (including phenoxy) is 1. The zero-order valence-corrected chi connectivity index (χ0v) is 14.0. The molecule has 3 heteroatoms. The lowest BCUT2D eigenvalue weighted by atomic mass is 10.0. The summed E-state index contributed by atoms with van der Waals surface area (Å²) in [7, 11) is 0. The normalized spacial score (nSPS) is 17.4. The first-order chi connectivity index (χ1) is 11.2. The molecule has 1 aliphatic rings. The van der Waals surface area contributed by atoms with E-state index < -0.39 is 0 Å². The molecule has 1 heterocycles. The highest BCUT2D eigenvalue weighted by Gasteiger charge is 2.31. The number of hydrogen-bond donors (Lipinski definition) is 0. The average molecular weight is 324 g/mol. The van der Waals surface area contributed by atoms with Crippen molar-refractivity contribution in [2.24, 2.45) is 0 Å². The zero-order chi connectivity index (χ0) is 16.1. The third-order valence-corrected chi connectivity index (χ3v) is 5.17. The Balaban J connectivity index is 1.63. The Bertz CT molecular complexity index is 692. The van der Waals surface area contributed by atoms with Crippen LogP contribution in [0.5, 0.6) is 0 Å². The molecule has 0 radical (unpaired) electrons. The Hall–Kier alpha value is -2.00. The van der Waals surface area contributed by atoms with Gasteiger partial charge in [0.1, 0.15) is 0 Å². The van der Waals surface area contributed by atoms with E-state index in [0.29, 0.717) is 0 Å². The number of rotatable bonds is 6. The zero-order valence-electron chi connectivity index (χ0n) is 13.2. The Morgan fingerprint density at radius 2 is 1.61 bits per heavy atom. The van der Waals surface area contributed by atoms with Crippen molar-refractivity contribution in [3.8, 4) is 0 Å². The van der Waals surface area contributed by atoms with Gasteiger partial charge in [0.25, 0.3) is 0 Å². The maximum Gasteiger partial charge on any atom is 0.335 e. The topological polar surface area (TPSA) is 26.3 Å². The van der Waals surface area contributed by atoms with Gasteiger partial charge in [-0.2, -0.15) is 0 Å². The summed E-state index contributed by atoms with van der Waals surface area (Å²) >= 11 is 1.61. The average Bonchev–Trinajstić information content (AvgIpc) is 2.84. The van der Waals surface area contributed by atoms with E-state index in [2.05, 4.69) is 24.3 Å². The predicted octanol–water partition coefficient (Wildman–Crippen LogP) is 5.00. The standard InChI is InChI=1S/C20H20O2S/c1-15-18(14-8-11-16-9-4-2-5-10-16)20(22-19(15)21)23-17-12-6-3-7-13-17/h2-7,9-10,12-13,20H,8,11,14H2,1H3. The minimum absolute atomic E-state index is 0.173. The van der Waals surface area contributed by atoms with Gasteiger partial charge in [-0.3, -0.25) is 0 Å². The van der Waals surface area contributed by atoms with E-state index in [1.807, 2.05) is 43.3 Å². The predicted molar refractivity (Wildman–Crippen MR) is 94.3 cm³/mol. The lowest BCUT2D eigenvalue weighted by Crippen LogP contribution is -2.07. The summed E-state index contributed by atoms with van der Waals surface area (Å²) < 4.78 is 5.54. The summed E-state index contributed by atoms with van der Waals surface area (Å²) in [5.41, 5.74) is 3.08. The highest BCUT2D eigenvalue weighted by molar-refractivity contribution is 8.00. The molecule has 0 bridgehead atoms. The van der Waals surface area contributed by atoms with E-state index >= 15 is 0 Å². The molecular formula is C20H20O2S. The van der Waals surface area contributed by atoms with E-state index in [4.69, 9.17) is 4.74 Å². The molecule has 2 aromatic rings. The Morgan fingerprint density at radius 3 is 2.30 bits per heavy atom. The fourth-order valence-electron chi connectivity index (χ4n) is 2.72. The molecule has 2 nitrogen and oxygen atoms in total. The van der Waals surface area contributed by atoms with Crippen molar-refractivity contribution in [1.82, 2.24) is 0 Å². The first-order valence-electron chi connectivity index (χ1n) is 7.90. The van der Waals surface area contributed by atoms with Gasteiger partial charge in [-0.1, -0.05) is 60.3 Å². The molecule has 0 N–H and O–H groups in total. The summed E-state index contributed by atoms with van der Waals surface area (Å²) in [5.74, 6) is -0.173. The summed E-state index contributed by atoms with van der Waals surface area (Å²) in [5, 5.41) is 0. The highest BCUT2D eigenvalue weighted by atomic mass is 32.2. The maximum absolute atomic E-state index is 11.9.